The molecule has 1 N–H and O–H groups in total. The number of carbonyl (C=O) groups excluding carboxylic acids is 2. The van der Waals surface area contributed by atoms with Crippen LogP contribution >= 0.6 is 0 Å². The Balaban J connectivity index is 1.56. The summed E-state index contributed by atoms with van der Waals surface area (Å²) in [6.45, 7) is 4.47. The molecular weight excluding hydrogens is 572 g/mol. The van der Waals surface area contributed by atoms with Crippen molar-refractivity contribution in [2.24, 2.45) is 0 Å². The van der Waals surface area contributed by atoms with Gasteiger partial charge in [0.1, 0.15) is 18.1 Å². The van der Waals surface area contributed by atoms with E-state index in [1.54, 1.807) is 51.1 Å². The van der Waals surface area contributed by atoms with Crippen LogP contribution < -0.4 is 14.8 Å². The Bertz CT molecular complexity index is 1420. The number of amides is 3. The summed E-state index contributed by atoms with van der Waals surface area (Å²) in [5, 5.41) is 2.09. The Labute approximate surface area is 236 Å². The molecule has 1 aliphatic heterocycles. The van der Waals surface area contributed by atoms with E-state index in [1.807, 2.05) is 0 Å². The molecule has 0 spiro atoms. The van der Waals surface area contributed by atoms with Gasteiger partial charge in [-0.2, -0.15) is 26.3 Å². The molecule has 0 atom stereocenters. The number of nitrogens with one attached hydrogen (secondary N) is 1. The number of anilines is 1. The number of benzene rings is 2. The molecule has 0 unspecified atom stereocenters. The molecule has 2 heterocycles. The third-order valence-corrected chi connectivity index (χ3v) is 6.33. The first-order chi connectivity index (χ1) is 19.6. The maximum atomic E-state index is 13.5. The second kappa shape index (κ2) is 11.9. The largest absolute Gasteiger partial charge is 0.464 e. The number of halogens is 6. The van der Waals surface area contributed by atoms with Crippen molar-refractivity contribution in [1.82, 2.24) is 9.80 Å². The lowest BCUT2D eigenvalue weighted by Gasteiger charge is -2.30. The smallest absolute Gasteiger partial charge is 0.416 e. The van der Waals surface area contributed by atoms with Crippen LogP contribution in [-0.4, -0.2) is 41.1 Å². The van der Waals surface area contributed by atoms with E-state index in [0.29, 0.717) is 40.7 Å². The SMILES string of the molecule is Cc1ccc(CN(Cc2ccc3c(c2)OCO3)C(=O)CN(C(=O)Nc2cc(C(F)(F)F)cc(C(F)(F)F)c2)C(C)C)o1. The number of fused-ring (bicyclic) bond motifs is 1. The fraction of sp³-hybridized carbons (Fsp3) is 0.357. The third kappa shape index (κ3) is 7.47. The van der Waals surface area contributed by atoms with Crippen molar-refractivity contribution >= 4 is 17.6 Å². The van der Waals surface area contributed by atoms with Crippen LogP contribution in [0.25, 0.3) is 0 Å². The number of furan rings is 1. The van der Waals surface area contributed by atoms with Gasteiger partial charge >= 0.3 is 18.4 Å². The summed E-state index contributed by atoms with van der Waals surface area (Å²) in [6, 6.07) is 7.60. The van der Waals surface area contributed by atoms with Crippen LogP contribution in [0.5, 0.6) is 11.5 Å². The first-order valence-corrected chi connectivity index (χ1v) is 12.7. The lowest BCUT2D eigenvalue weighted by molar-refractivity contribution is -0.143. The van der Waals surface area contributed by atoms with Gasteiger partial charge in [0, 0.05) is 18.3 Å². The number of alkyl halides is 6. The first kappa shape index (κ1) is 30.6. The molecule has 0 aliphatic carbocycles. The highest BCUT2D eigenvalue weighted by atomic mass is 19.4. The summed E-state index contributed by atoms with van der Waals surface area (Å²) >= 11 is 0. The molecule has 2 aromatic carbocycles. The van der Waals surface area contributed by atoms with Crippen molar-refractivity contribution in [2.75, 3.05) is 18.7 Å². The summed E-state index contributed by atoms with van der Waals surface area (Å²) < 4.78 is 96.1. The van der Waals surface area contributed by atoms with E-state index >= 15 is 0 Å². The van der Waals surface area contributed by atoms with E-state index in [4.69, 9.17) is 13.9 Å². The Morgan fingerprint density at radius 1 is 0.881 bits per heavy atom. The minimum Gasteiger partial charge on any atom is -0.464 e. The molecule has 0 saturated carbocycles. The van der Waals surface area contributed by atoms with Crippen LogP contribution in [0.4, 0.5) is 36.8 Å². The molecule has 0 saturated heterocycles. The normalized spacial score (nSPS) is 12.9. The van der Waals surface area contributed by atoms with Gasteiger partial charge in [-0.1, -0.05) is 6.07 Å². The zero-order valence-corrected chi connectivity index (χ0v) is 22.7. The van der Waals surface area contributed by atoms with Crippen LogP contribution in [0.1, 0.15) is 42.1 Å². The third-order valence-electron chi connectivity index (χ3n) is 6.33. The predicted octanol–water partition coefficient (Wildman–Crippen LogP) is 6.83. The lowest BCUT2D eigenvalue weighted by Crippen LogP contribution is -2.47. The van der Waals surface area contributed by atoms with Gasteiger partial charge in [-0.25, -0.2) is 4.79 Å². The molecule has 226 valence electrons. The van der Waals surface area contributed by atoms with Gasteiger partial charge in [0.15, 0.2) is 11.5 Å². The quantitative estimate of drug-likeness (QED) is 0.287. The Hall–Kier alpha value is -4.36. The number of aryl methyl sites for hydroxylation is 1. The van der Waals surface area contributed by atoms with E-state index < -0.39 is 53.7 Å². The average Bonchev–Trinajstić information content (AvgIpc) is 3.53. The van der Waals surface area contributed by atoms with Crippen molar-refractivity contribution in [3.05, 3.63) is 76.7 Å². The average molecular weight is 600 g/mol. The number of urea groups is 1. The van der Waals surface area contributed by atoms with Crippen molar-refractivity contribution in [1.29, 1.82) is 0 Å². The number of nitrogens with zero attached hydrogens (tertiary/aromatic N) is 2. The monoisotopic (exact) mass is 599 g/mol. The molecule has 1 aliphatic rings. The van der Waals surface area contributed by atoms with Crippen LogP contribution in [0, 0.1) is 6.92 Å². The van der Waals surface area contributed by atoms with Crippen LogP contribution in [-0.2, 0) is 30.2 Å². The zero-order valence-electron chi connectivity index (χ0n) is 22.7. The van der Waals surface area contributed by atoms with Gasteiger partial charge in [0.2, 0.25) is 12.7 Å². The van der Waals surface area contributed by atoms with E-state index in [-0.39, 0.29) is 25.9 Å². The van der Waals surface area contributed by atoms with Crippen LogP contribution in [0.2, 0.25) is 0 Å². The number of ether oxygens (including phenoxy) is 2. The standard InChI is InChI=1S/C28H27F6N3O5/c1-16(2)37(26(39)35-21-10-19(27(29,30)31)9-20(11-21)28(32,33)34)14-25(38)36(13-22-6-4-17(3)42-22)12-18-5-7-23-24(8-18)41-15-40-23/h4-11,16H,12-15H2,1-3H3,(H,35,39). The van der Waals surface area contributed by atoms with Crippen LogP contribution in [0.15, 0.2) is 52.9 Å². The van der Waals surface area contributed by atoms with Gasteiger partial charge in [-0.3, -0.25) is 4.79 Å². The van der Waals surface area contributed by atoms with E-state index in [2.05, 4.69) is 5.32 Å². The van der Waals surface area contributed by atoms with E-state index in [1.165, 1.54) is 4.90 Å². The maximum Gasteiger partial charge on any atom is 0.416 e. The highest BCUT2D eigenvalue weighted by Crippen LogP contribution is 2.38. The molecule has 1 aromatic heterocycles. The summed E-state index contributed by atoms with van der Waals surface area (Å²) in [7, 11) is 0. The topological polar surface area (TPSA) is 84.2 Å². The van der Waals surface area contributed by atoms with Gasteiger partial charge in [0.05, 0.1) is 17.7 Å². The van der Waals surface area contributed by atoms with Gasteiger partial charge in [-0.15, -0.1) is 0 Å². The van der Waals surface area contributed by atoms with Crippen molar-refractivity contribution < 1.29 is 49.8 Å². The maximum absolute atomic E-state index is 13.5. The molecule has 4 rings (SSSR count). The molecular formula is C28H27F6N3O5. The summed E-state index contributed by atoms with van der Waals surface area (Å²) in [5.41, 5.74) is -3.20. The highest BCUT2D eigenvalue weighted by Gasteiger charge is 2.37. The van der Waals surface area contributed by atoms with E-state index in [0.717, 1.165) is 4.90 Å². The van der Waals surface area contributed by atoms with Crippen molar-refractivity contribution in [3.63, 3.8) is 0 Å². The second-order valence-corrected chi connectivity index (χ2v) is 9.90. The first-order valence-electron chi connectivity index (χ1n) is 12.7. The molecule has 0 radical (unpaired) electrons. The number of rotatable bonds is 8. The fourth-order valence-corrected chi connectivity index (χ4v) is 4.21. The summed E-state index contributed by atoms with van der Waals surface area (Å²) in [6.07, 6.45) is -10.2. The zero-order chi connectivity index (χ0) is 30.8. The molecule has 0 bridgehead atoms. The number of hydrogen-bond acceptors (Lipinski definition) is 5. The number of hydrogen-bond donors (Lipinski definition) is 1. The lowest BCUT2D eigenvalue weighted by atomic mass is 10.1. The summed E-state index contributed by atoms with van der Waals surface area (Å²) in [5.74, 6) is 1.57. The second-order valence-electron chi connectivity index (χ2n) is 9.90. The Morgan fingerprint density at radius 3 is 2.10 bits per heavy atom. The van der Waals surface area contributed by atoms with Gasteiger partial charge < -0.3 is 29.0 Å². The molecule has 42 heavy (non-hydrogen) atoms. The Morgan fingerprint density at radius 2 is 1.52 bits per heavy atom. The fourth-order valence-electron chi connectivity index (χ4n) is 4.21. The molecule has 0 fully saturated rings. The molecule has 8 nitrogen and oxygen atoms in total. The minimum absolute atomic E-state index is 0.0250. The molecule has 3 amide bonds. The molecule has 3 aromatic rings. The van der Waals surface area contributed by atoms with Crippen LogP contribution in [0.3, 0.4) is 0 Å². The van der Waals surface area contributed by atoms with E-state index in [9.17, 15) is 35.9 Å². The summed E-state index contributed by atoms with van der Waals surface area (Å²) in [4.78, 5) is 29.1. The van der Waals surface area contributed by atoms with Gasteiger partial charge in [-0.05, 0) is 68.8 Å². The minimum atomic E-state index is -5.09. The predicted molar refractivity (Wildman–Crippen MR) is 138 cm³/mol. The van der Waals surface area contributed by atoms with Crippen molar-refractivity contribution in [2.45, 2.75) is 52.3 Å². The Kier molecular flexibility index (Phi) is 8.64. The van der Waals surface area contributed by atoms with Crippen molar-refractivity contribution in [3.8, 4) is 11.5 Å². The number of carbonyl (C=O) groups is 2. The highest BCUT2D eigenvalue weighted by molar-refractivity contribution is 5.92. The molecule has 14 heteroatoms. The van der Waals surface area contributed by atoms with Gasteiger partial charge in [0.25, 0.3) is 0 Å².